The number of ether oxygens (including phenoxy) is 1. The highest BCUT2D eigenvalue weighted by Crippen LogP contribution is 2.15. The van der Waals surface area contributed by atoms with Crippen molar-refractivity contribution in [3.8, 4) is 0 Å². The lowest BCUT2D eigenvalue weighted by molar-refractivity contribution is 0.0856. The smallest absolute Gasteiger partial charge is 0.409 e. The van der Waals surface area contributed by atoms with E-state index in [0.29, 0.717) is 38.2 Å². The molecule has 0 spiro atoms. The molecule has 2 fully saturated rings. The van der Waals surface area contributed by atoms with Crippen LogP contribution in [0.4, 0.5) is 10.6 Å². The van der Waals surface area contributed by atoms with Crippen molar-refractivity contribution < 1.29 is 14.3 Å². The van der Waals surface area contributed by atoms with Crippen LogP contribution in [-0.2, 0) is 4.74 Å². The molecule has 9 nitrogen and oxygen atoms in total. The maximum Gasteiger partial charge on any atom is 0.409 e. The Labute approximate surface area is 159 Å². The third-order valence-corrected chi connectivity index (χ3v) is 5.07. The Bertz CT molecular complexity index is 654. The summed E-state index contributed by atoms with van der Waals surface area (Å²) in [7, 11) is 2.10. The molecule has 9 heteroatoms. The van der Waals surface area contributed by atoms with Crippen LogP contribution in [0.25, 0.3) is 0 Å². The molecule has 148 valence electrons. The third kappa shape index (κ3) is 5.06. The second-order valence-corrected chi connectivity index (χ2v) is 6.99. The summed E-state index contributed by atoms with van der Waals surface area (Å²) >= 11 is 0. The van der Waals surface area contributed by atoms with Crippen molar-refractivity contribution in [3.05, 3.63) is 18.1 Å². The number of carbonyl (C=O) groups excluding carboxylic acids is 2. The number of rotatable bonds is 4. The Balaban J connectivity index is 1.53. The Morgan fingerprint density at radius 2 is 1.85 bits per heavy atom. The molecule has 3 rings (SSSR count). The third-order valence-electron chi connectivity index (χ3n) is 5.07. The highest BCUT2D eigenvalue weighted by molar-refractivity contribution is 5.93. The molecule has 27 heavy (non-hydrogen) atoms. The minimum absolute atomic E-state index is 0.0326. The maximum atomic E-state index is 12.6. The number of hydrogen-bond acceptors (Lipinski definition) is 7. The van der Waals surface area contributed by atoms with Gasteiger partial charge >= 0.3 is 6.09 Å². The number of hydrogen-bond donors (Lipinski definition) is 1. The van der Waals surface area contributed by atoms with Gasteiger partial charge in [-0.3, -0.25) is 4.79 Å². The molecule has 2 saturated heterocycles. The Hall–Kier alpha value is -2.42. The number of piperidine rings is 1. The quantitative estimate of drug-likeness (QED) is 0.822. The number of likely N-dealkylation sites (N-methyl/N-ethyl adjacent to an activating group) is 1. The summed E-state index contributed by atoms with van der Waals surface area (Å²) < 4.78 is 5.02. The van der Waals surface area contributed by atoms with E-state index >= 15 is 0 Å². The molecule has 0 atom stereocenters. The largest absolute Gasteiger partial charge is 0.450 e. The number of carbonyl (C=O) groups is 2. The summed E-state index contributed by atoms with van der Waals surface area (Å²) in [5, 5.41) is 3.03. The van der Waals surface area contributed by atoms with E-state index in [-0.39, 0.29) is 18.0 Å². The normalized spacial score (nSPS) is 19.0. The summed E-state index contributed by atoms with van der Waals surface area (Å²) in [5.41, 5.74) is 0.381. The molecule has 0 bridgehead atoms. The second kappa shape index (κ2) is 8.98. The van der Waals surface area contributed by atoms with Crippen LogP contribution in [0.3, 0.4) is 0 Å². The molecular formula is C18H28N6O3. The van der Waals surface area contributed by atoms with Crippen LogP contribution in [0, 0.1) is 0 Å². The predicted octanol–water partition coefficient (Wildman–Crippen LogP) is 0.579. The molecule has 0 aliphatic carbocycles. The first-order valence-corrected chi connectivity index (χ1v) is 9.55. The molecule has 3 heterocycles. The van der Waals surface area contributed by atoms with Crippen LogP contribution in [0.15, 0.2) is 12.4 Å². The average molecular weight is 376 g/mol. The summed E-state index contributed by atoms with van der Waals surface area (Å²) in [6.07, 6.45) is 2.59. The van der Waals surface area contributed by atoms with Gasteiger partial charge in [-0.05, 0) is 26.8 Å². The van der Waals surface area contributed by atoms with Crippen LogP contribution in [0.1, 0.15) is 30.3 Å². The minimum Gasteiger partial charge on any atom is -0.450 e. The molecule has 0 saturated carbocycles. The number of likely N-dealkylation sites (tertiary alicyclic amines) is 1. The van der Waals surface area contributed by atoms with Gasteiger partial charge in [0.15, 0.2) is 0 Å². The number of piperazine rings is 1. The zero-order chi connectivity index (χ0) is 19.2. The highest BCUT2D eigenvalue weighted by atomic mass is 16.6. The lowest BCUT2D eigenvalue weighted by atomic mass is 10.1. The van der Waals surface area contributed by atoms with E-state index in [9.17, 15) is 9.59 Å². The lowest BCUT2D eigenvalue weighted by Gasteiger charge is -2.33. The first-order chi connectivity index (χ1) is 13.1. The van der Waals surface area contributed by atoms with Crippen LogP contribution in [-0.4, -0.2) is 90.7 Å². The summed E-state index contributed by atoms with van der Waals surface area (Å²) in [6, 6.07) is 1.79. The van der Waals surface area contributed by atoms with Gasteiger partial charge in [-0.15, -0.1) is 0 Å². The molecule has 0 radical (unpaired) electrons. The highest BCUT2D eigenvalue weighted by Gasteiger charge is 2.25. The topological polar surface area (TPSA) is 90.9 Å². The zero-order valence-electron chi connectivity index (χ0n) is 16.1. The van der Waals surface area contributed by atoms with Gasteiger partial charge in [0.05, 0.1) is 6.61 Å². The van der Waals surface area contributed by atoms with Gasteiger partial charge in [0.25, 0.3) is 5.91 Å². The van der Waals surface area contributed by atoms with E-state index < -0.39 is 0 Å². The summed E-state index contributed by atoms with van der Waals surface area (Å²) in [4.78, 5) is 38.9. The first-order valence-electron chi connectivity index (χ1n) is 9.55. The molecule has 2 aliphatic heterocycles. The van der Waals surface area contributed by atoms with E-state index in [1.54, 1.807) is 17.9 Å². The van der Waals surface area contributed by atoms with Crippen LogP contribution >= 0.6 is 0 Å². The van der Waals surface area contributed by atoms with Crippen LogP contribution in [0.2, 0.25) is 0 Å². The van der Waals surface area contributed by atoms with Crippen molar-refractivity contribution in [2.45, 2.75) is 25.8 Å². The van der Waals surface area contributed by atoms with Crippen molar-refractivity contribution in [3.63, 3.8) is 0 Å². The fourth-order valence-corrected chi connectivity index (χ4v) is 3.36. The van der Waals surface area contributed by atoms with Crippen LogP contribution < -0.4 is 10.2 Å². The van der Waals surface area contributed by atoms with Gasteiger partial charge in [-0.2, -0.15) is 0 Å². The van der Waals surface area contributed by atoms with Gasteiger partial charge < -0.3 is 24.8 Å². The molecule has 0 aromatic carbocycles. The SMILES string of the molecule is CCOC(=O)N1CCC(NC(=O)c2cc(N3CCN(C)CC3)ncn2)CC1. The molecule has 1 aromatic rings. The van der Waals surface area contributed by atoms with E-state index in [1.165, 1.54) is 6.33 Å². The molecule has 2 aliphatic rings. The Kier molecular flexibility index (Phi) is 6.44. The number of amides is 2. The Morgan fingerprint density at radius 1 is 1.15 bits per heavy atom. The van der Waals surface area contributed by atoms with Crippen molar-refractivity contribution in [1.82, 2.24) is 25.1 Å². The minimum atomic E-state index is -0.283. The number of nitrogens with zero attached hydrogens (tertiary/aromatic N) is 5. The van der Waals surface area contributed by atoms with E-state index in [0.717, 1.165) is 32.0 Å². The zero-order valence-corrected chi connectivity index (χ0v) is 16.1. The summed E-state index contributed by atoms with van der Waals surface area (Å²) in [6.45, 7) is 7.07. The monoisotopic (exact) mass is 376 g/mol. The average Bonchev–Trinajstić information content (AvgIpc) is 2.69. The number of aromatic nitrogens is 2. The number of nitrogens with one attached hydrogen (secondary N) is 1. The standard InChI is InChI=1S/C18H28N6O3/c1-3-27-18(26)24-6-4-14(5-7-24)21-17(25)15-12-16(20-13-19-15)23-10-8-22(2)9-11-23/h12-14H,3-11H2,1-2H3,(H,21,25). The van der Waals surface area contributed by atoms with Gasteiger partial charge in [0.2, 0.25) is 0 Å². The van der Waals surface area contributed by atoms with Crippen molar-refractivity contribution in [2.24, 2.45) is 0 Å². The first kappa shape index (κ1) is 19.3. The van der Waals surface area contributed by atoms with Crippen molar-refractivity contribution in [2.75, 3.05) is 57.8 Å². The molecule has 1 N–H and O–H groups in total. The molecular weight excluding hydrogens is 348 g/mol. The fraction of sp³-hybridized carbons (Fsp3) is 0.667. The maximum absolute atomic E-state index is 12.6. The van der Waals surface area contributed by atoms with Crippen molar-refractivity contribution in [1.29, 1.82) is 0 Å². The van der Waals surface area contributed by atoms with Gasteiger partial charge in [-0.25, -0.2) is 14.8 Å². The molecule has 2 amide bonds. The van der Waals surface area contributed by atoms with E-state index in [1.807, 2.05) is 0 Å². The van der Waals surface area contributed by atoms with Gasteiger partial charge in [-0.1, -0.05) is 0 Å². The Morgan fingerprint density at radius 3 is 2.52 bits per heavy atom. The van der Waals surface area contributed by atoms with E-state index in [2.05, 4.69) is 32.1 Å². The second-order valence-electron chi connectivity index (χ2n) is 6.99. The van der Waals surface area contributed by atoms with Crippen molar-refractivity contribution >= 4 is 17.8 Å². The molecule has 0 unspecified atom stereocenters. The van der Waals surface area contributed by atoms with Crippen LogP contribution in [0.5, 0.6) is 0 Å². The predicted molar refractivity (Wildman–Crippen MR) is 101 cm³/mol. The number of anilines is 1. The van der Waals surface area contributed by atoms with Gasteiger partial charge in [0, 0.05) is 51.4 Å². The molecule has 1 aromatic heterocycles. The van der Waals surface area contributed by atoms with Gasteiger partial charge in [0.1, 0.15) is 17.8 Å². The lowest BCUT2D eigenvalue weighted by Crippen LogP contribution is -2.47. The van der Waals surface area contributed by atoms with E-state index in [4.69, 9.17) is 4.74 Å². The summed E-state index contributed by atoms with van der Waals surface area (Å²) in [5.74, 6) is 0.600. The fourth-order valence-electron chi connectivity index (χ4n) is 3.36.